The van der Waals surface area contributed by atoms with Crippen LogP contribution < -0.4 is 0 Å². The van der Waals surface area contributed by atoms with Gasteiger partial charge in [-0.25, -0.2) is 4.79 Å². The van der Waals surface area contributed by atoms with Gasteiger partial charge in [0, 0.05) is 6.92 Å². The molecule has 0 bridgehead atoms. The van der Waals surface area contributed by atoms with Crippen molar-refractivity contribution in [2.45, 2.75) is 6.92 Å². The summed E-state index contributed by atoms with van der Waals surface area (Å²) in [5.74, 6) is -0.431. The smallest absolute Gasteiger partial charge is 0.323 e. The van der Waals surface area contributed by atoms with Gasteiger partial charge in [0.2, 0.25) is 0 Å². The molecule has 5 heteroatoms. The van der Waals surface area contributed by atoms with Gasteiger partial charge in [-0.1, -0.05) is 18.2 Å². The van der Waals surface area contributed by atoms with Crippen LogP contribution in [0, 0.1) is 0 Å². The predicted octanol–water partition coefficient (Wildman–Crippen LogP) is 2.10. The second-order valence-corrected chi connectivity index (χ2v) is 2.57. The summed E-state index contributed by atoms with van der Waals surface area (Å²) >= 11 is 0. The summed E-state index contributed by atoms with van der Waals surface area (Å²) in [7, 11) is 1.49. The van der Waals surface area contributed by atoms with E-state index in [1.54, 1.807) is 12.1 Å². The fourth-order valence-electron chi connectivity index (χ4n) is 0.814. The van der Waals surface area contributed by atoms with Crippen LogP contribution in [0.1, 0.15) is 6.92 Å². The highest BCUT2D eigenvalue weighted by Crippen LogP contribution is 2.10. The van der Waals surface area contributed by atoms with Crippen LogP contribution in [0.25, 0.3) is 0 Å². The summed E-state index contributed by atoms with van der Waals surface area (Å²) in [6.45, 7) is 1.30. The molecule has 0 aliphatic rings. The van der Waals surface area contributed by atoms with Gasteiger partial charge in [-0.15, -0.1) is 10.3 Å². The fraction of sp³-hybridized carbons (Fsp3) is 0.222. The maximum atomic E-state index is 10.5. The zero-order valence-electron chi connectivity index (χ0n) is 8.04. The van der Waals surface area contributed by atoms with E-state index in [-0.39, 0.29) is 0 Å². The highest BCUT2D eigenvalue weighted by molar-refractivity contribution is 5.65. The summed E-state index contributed by atoms with van der Waals surface area (Å²) in [5, 5.41) is 8.49. The summed E-state index contributed by atoms with van der Waals surface area (Å²) in [5.41, 5.74) is 0.700. The molecule has 0 N–H and O–H groups in total. The van der Waals surface area contributed by atoms with E-state index in [9.17, 15) is 4.79 Å². The van der Waals surface area contributed by atoms with Crippen molar-refractivity contribution in [3.8, 4) is 0 Å². The predicted molar refractivity (Wildman–Crippen MR) is 50.5 cm³/mol. The Kier molecular flexibility index (Phi) is 3.60. The zero-order chi connectivity index (χ0) is 10.4. The second kappa shape index (κ2) is 4.96. The number of carbonyl (C=O) groups is 1. The lowest BCUT2D eigenvalue weighted by Gasteiger charge is -2.07. The van der Waals surface area contributed by atoms with Crippen molar-refractivity contribution in [2.24, 2.45) is 10.3 Å². The van der Waals surface area contributed by atoms with Gasteiger partial charge >= 0.3 is 5.97 Å². The number of benzene rings is 1. The van der Waals surface area contributed by atoms with Crippen LogP contribution >= 0.6 is 0 Å². The molecular formula is C9H11N3O2. The molecule has 0 saturated carbocycles. The van der Waals surface area contributed by atoms with Crippen molar-refractivity contribution in [3.05, 3.63) is 30.3 Å². The number of rotatable bonds is 3. The van der Waals surface area contributed by atoms with Crippen LogP contribution in [0.15, 0.2) is 40.7 Å². The van der Waals surface area contributed by atoms with E-state index in [1.807, 2.05) is 18.2 Å². The van der Waals surface area contributed by atoms with E-state index in [2.05, 4.69) is 15.2 Å². The average molecular weight is 193 g/mol. The van der Waals surface area contributed by atoms with Crippen molar-refractivity contribution >= 4 is 11.7 Å². The highest BCUT2D eigenvalue weighted by atomic mass is 16.7. The van der Waals surface area contributed by atoms with Crippen molar-refractivity contribution in [3.63, 3.8) is 0 Å². The van der Waals surface area contributed by atoms with Crippen molar-refractivity contribution in [1.82, 2.24) is 5.17 Å². The van der Waals surface area contributed by atoms with E-state index in [4.69, 9.17) is 0 Å². The molecule has 0 fully saturated rings. The van der Waals surface area contributed by atoms with Gasteiger partial charge in [0.15, 0.2) is 0 Å². The quantitative estimate of drug-likeness (QED) is 0.545. The molecule has 0 unspecified atom stereocenters. The normalized spacial score (nSPS) is 10.1. The van der Waals surface area contributed by atoms with Gasteiger partial charge < -0.3 is 4.84 Å². The van der Waals surface area contributed by atoms with Crippen molar-refractivity contribution in [2.75, 3.05) is 7.05 Å². The molecule has 0 heterocycles. The minimum Gasteiger partial charge on any atom is -0.323 e. The first-order valence-electron chi connectivity index (χ1n) is 4.07. The molecule has 1 aromatic carbocycles. The van der Waals surface area contributed by atoms with Gasteiger partial charge in [-0.05, 0) is 17.4 Å². The molecule has 0 saturated heterocycles. The summed E-state index contributed by atoms with van der Waals surface area (Å²) in [6.07, 6.45) is 0. The maximum Gasteiger partial charge on any atom is 0.331 e. The number of hydrogen-bond donors (Lipinski definition) is 0. The monoisotopic (exact) mass is 193 g/mol. The Morgan fingerprint density at radius 3 is 2.57 bits per heavy atom. The lowest BCUT2D eigenvalue weighted by molar-refractivity contribution is -0.182. The minimum atomic E-state index is -0.431. The van der Waals surface area contributed by atoms with Crippen molar-refractivity contribution < 1.29 is 9.63 Å². The van der Waals surface area contributed by atoms with Gasteiger partial charge in [-0.2, -0.15) is 0 Å². The molecule has 1 aromatic rings. The molecule has 5 nitrogen and oxygen atoms in total. The largest absolute Gasteiger partial charge is 0.331 e. The number of nitrogens with zero attached hydrogens (tertiary/aromatic N) is 3. The average Bonchev–Trinajstić information content (AvgIpc) is 2.15. The molecule has 14 heavy (non-hydrogen) atoms. The summed E-state index contributed by atoms with van der Waals surface area (Å²) < 4.78 is 0. The summed E-state index contributed by atoms with van der Waals surface area (Å²) in [4.78, 5) is 15.1. The molecule has 0 radical (unpaired) electrons. The fourth-order valence-corrected chi connectivity index (χ4v) is 0.814. The van der Waals surface area contributed by atoms with E-state index >= 15 is 0 Å². The topological polar surface area (TPSA) is 54.3 Å². The third-order valence-corrected chi connectivity index (χ3v) is 1.30. The van der Waals surface area contributed by atoms with Crippen LogP contribution in [-0.2, 0) is 9.63 Å². The number of hydrogen-bond acceptors (Lipinski definition) is 4. The standard InChI is InChI=1S/C9H11N3O2/c1-8(13)14-12(2)11-10-9-6-4-3-5-7-9/h3-7H,1-2H3. The molecule has 0 atom stereocenters. The van der Waals surface area contributed by atoms with E-state index in [1.165, 1.54) is 14.0 Å². The Morgan fingerprint density at radius 1 is 1.36 bits per heavy atom. The molecule has 74 valence electrons. The van der Waals surface area contributed by atoms with E-state index < -0.39 is 5.97 Å². The lowest BCUT2D eigenvalue weighted by atomic mass is 10.3. The second-order valence-electron chi connectivity index (χ2n) is 2.57. The lowest BCUT2D eigenvalue weighted by Crippen LogP contribution is -2.14. The first-order valence-corrected chi connectivity index (χ1v) is 4.07. The Balaban J connectivity index is 2.52. The third-order valence-electron chi connectivity index (χ3n) is 1.30. The first kappa shape index (κ1) is 10.2. The van der Waals surface area contributed by atoms with Gasteiger partial charge in [0.25, 0.3) is 0 Å². The number of carbonyl (C=O) groups excluding carboxylic acids is 1. The molecule has 0 aromatic heterocycles. The maximum absolute atomic E-state index is 10.5. The highest BCUT2D eigenvalue weighted by Gasteiger charge is 1.96. The molecular weight excluding hydrogens is 182 g/mol. The Labute approximate surface area is 81.9 Å². The number of hydroxylamine groups is 1. The Morgan fingerprint density at radius 2 is 2.00 bits per heavy atom. The van der Waals surface area contributed by atoms with E-state index in [0.717, 1.165) is 5.17 Å². The molecule has 0 aliphatic carbocycles. The molecule has 0 spiro atoms. The van der Waals surface area contributed by atoms with Crippen LogP contribution in [-0.4, -0.2) is 18.2 Å². The SMILES string of the molecule is CC(=O)ON(C)N=Nc1ccccc1. The zero-order valence-corrected chi connectivity index (χ0v) is 8.04. The Hall–Kier alpha value is -1.91. The van der Waals surface area contributed by atoms with Crippen LogP contribution in [0.3, 0.4) is 0 Å². The van der Waals surface area contributed by atoms with Crippen LogP contribution in [0.4, 0.5) is 5.69 Å². The molecule has 0 amide bonds. The third kappa shape index (κ3) is 3.66. The van der Waals surface area contributed by atoms with Gasteiger partial charge in [-0.3, -0.25) is 0 Å². The molecule has 0 aliphatic heterocycles. The van der Waals surface area contributed by atoms with E-state index in [0.29, 0.717) is 5.69 Å². The molecule has 1 rings (SSSR count). The minimum absolute atomic E-state index is 0.431. The summed E-state index contributed by atoms with van der Waals surface area (Å²) in [6, 6.07) is 9.17. The Bertz CT molecular complexity index is 324. The van der Waals surface area contributed by atoms with Gasteiger partial charge in [0.1, 0.15) is 0 Å². The van der Waals surface area contributed by atoms with Crippen LogP contribution in [0.2, 0.25) is 0 Å². The van der Waals surface area contributed by atoms with Crippen molar-refractivity contribution in [1.29, 1.82) is 0 Å². The van der Waals surface area contributed by atoms with Crippen LogP contribution in [0.5, 0.6) is 0 Å². The van der Waals surface area contributed by atoms with Gasteiger partial charge in [0.05, 0.1) is 12.7 Å². The first-order chi connectivity index (χ1) is 6.68.